The highest BCUT2D eigenvalue weighted by Gasteiger charge is 2.12. The minimum atomic E-state index is -0.184. The second-order valence-electron chi connectivity index (χ2n) is 9.37. The maximum Gasteiger partial charge on any atom is 0.266 e. The third-order valence-corrected chi connectivity index (χ3v) is 6.50. The molecule has 198 valence electrons. The predicted octanol–water partition coefficient (Wildman–Crippen LogP) is 5.65. The molecule has 0 aliphatic carbocycles. The number of hydrogen-bond acceptors (Lipinski definition) is 6. The predicted molar refractivity (Wildman–Crippen MR) is 157 cm³/mol. The van der Waals surface area contributed by atoms with Crippen LogP contribution in [0.3, 0.4) is 0 Å². The molecule has 0 N–H and O–H groups in total. The fraction of sp³-hybridized carbons (Fsp3) is 0.0606. The molecule has 0 atom stereocenters. The fourth-order valence-corrected chi connectivity index (χ4v) is 4.47. The Morgan fingerprint density at radius 3 is 2.51 bits per heavy atom. The number of ether oxygens (including phenoxy) is 1. The monoisotopic (exact) mass is 536 g/mol. The van der Waals surface area contributed by atoms with Crippen molar-refractivity contribution in [1.29, 1.82) is 5.26 Å². The number of para-hydroxylation sites is 1. The second kappa shape index (κ2) is 11.5. The van der Waals surface area contributed by atoms with Crippen molar-refractivity contribution in [2.45, 2.75) is 13.2 Å². The molecule has 0 radical (unpaired) electrons. The van der Waals surface area contributed by atoms with E-state index in [0.717, 1.165) is 11.1 Å². The molecule has 0 fully saturated rings. The van der Waals surface area contributed by atoms with Crippen molar-refractivity contribution in [3.63, 3.8) is 0 Å². The van der Waals surface area contributed by atoms with Gasteiger partial charge in [-0.15, -0.1) is 5.10 Å². The van der Waals surface area contributed by atoms with Gasteiger partial charge in [-0.3, -0.25) is 9.36 Å². The van der Waals surface area contributed by atoms with Gasteiger partial charge in [0.1, 0.15) is 23.9 Å². The Bertz CT molecular complexity index is 1950. The highest BCUT2D eigenvalue weighted by Crippen LogP contribution is 2.21. The van der Waals surface area contributed by atoms with Crippen molar-refractivity contribution < 1.29 is 4.74 Å². The van der Waals surface area contributed by atoms with Gasteiger partial charge in [0, 0.05) is 6.07 Å². The number of rotatable bonds is 8. The van der Waals surface area contributed by atoms with Crippen LogP contribution < -0.4 is 10.3 Å². The molecule has 2 aromatic heterocycles. The van der Waals surface area contributed by atoms with Gasteiger partial charge in [-0.2, -0.15) is 5.26 Å². The topological polar surface area (TPSA) is 98.6 Å². The Kier molecular flexibility index (Phi) is 7.15. The minimum Gasteiger partial charge on any atom is -0.487 e. The molecule has 0 aliphatic heterocycles. The third kappa shape index (κ3) is 5.79. The van der Waals surface area contributed by atoms with Gasteiger partial charge >= 0.3 is 0 Å². The average Bonchev–Trinajstić information content (AvgIpc) is 3.47. The molecule has 4 aromatic carbocycles. The van der Waals surface area contributed by atoms with Gasteiger partial charge in [0.25, 0.3) is 5.56 Å². The van der Waals surface area contributed by atoms with Crippen molar-refractivity contribution >= 4 is 23.1 Å². The number of nitriles is 1. The lowest BCUT2D eigenvalue weighted by atomic mass is 10.1. The zero-order valence-electron chi connectivity index (χ0n) is 22.0. The average molecular weight is 537 g/mol. The number of benzene rings is 4. The van der Waals surface area contributed by atoms with E-state index in [9.17, 15) is 4.79 Å². The maximum atomic E-state index is 13.7. The molecule has 8 heteroatoms. The van der Waals surface area contributed by atoms with Crippen LogP contribution >= 0.6 is 0 Å². The molecule has 0 amide bonds. The Balaban J connectivity index is 1.28. The number of fused-ring (bicyclic) bond motifs is 1. The first kappa shape index (κ1) is 25.5. The molecule has 41 heavy (non-hydrogen) atoms. The molecule has 2 heterocycles. The van der Waals surface area contributed by atoms with Gasteiger partial charge in [0.05, 0.1) is 41.0 Å². The van der Waals surface area contributed by atoms with E-state index in [-0.39, 0.29) is 12.2 Å². The van der Waals surface area contributed by atoms with Crippen LogP contribution in [0.25, 0.3) is 28.7 Å². The quantitative estimate of drug-likeness (QED) is 0.249. The number of hydrogen-bond donors (Lipinski definition) is 0. The summed E-state index contributed by atoms with van der Waals surface area (Å²) in [6.07, 6.45) is 5.53. The molecule has 0 spiro atoms. The molecule has 0 bridgehead atoms. The van der Waals surface area contributed by atoms with Crippen molar-refractivity contribution in [2.75, 3.05) is 0 Å². The number of aromatic nitrogens is 5. The molecule has 6 rings (SSSR count). The van der Waals surface area contributed by atoms with E-state index in [2.05, 4.69) is 16.4 Å². The van der Waals surface area contributed by atoms with Crippen molar-refractivity contribution in [3.8, 4) is 17.5 Å². The lowest BCUT2D eigenvalue weighted by Gasteiger charge is -2.13. The normalized spacial score (nSPS) is 11.1. The molecule has 0 saturated carbocycles. The van der Waals surface area contributed by atoms with E-state index in [1.165, 1.54) is 0 Å². The highest BCUT2D eigenvalue weighted by atomic mass is 16.5. The Morgan fingerprint density at radius 1 is 0.878 bits per heavy atom. The van der Waals surface area contributed by atoms with Gasteiger partial charge in [0.2, 0.25) is 0 Å². The molecular formula is C33H24N6O2. The Hall–Kier alpha value is -5.81. The summed E-state index contributed by atoms with van der Waals surface area (Å²) in [6, 6.07) is 34.0. The molecule has 6 aromatic rings. The smallest absolute Gasteiger partial charge is 0.266 e. The zero-order chi connectivity index (χ0) is 28.0. The summed E-state index contributed by atoms with van der Waals surface area (Å²) in [5.74, 6) is 1.06. The van der Waals surface area contributed by atoms with Gasteiger partial charge in [0.15, 0.2) is 0 Å². The summed E-state index contributed by atoms with van der Waals surface area (Å²) in [5.41, 5.74) is 4.35. The summed E-state index contributed by atoms with van der Waals surface area (Å²) >= 11 is 0. The van der Waals surface area contributed by atoms with Crippen LogP contribution in [0.15, 0.2) is 114 Å². The third-order valence-electron chi connectivity index (χ3n) is 6.50. The standard InChI is InChI=1S/C33H24N6O2/c34-20-25-15-13-24(14-16-25)17-18-32-35-31-12-5-4-11-30(31)33(40)39(32)28-9-6-10-29(19-28)41-23-27-22-38(37-36-27)21-26-7-2-1-3-8-26/h1-19,22H,21,23H2/b18-17+. The SMILES string of the molecule is N#Cc1ccc(/C=C/c2nc3ccccc3c(=O)n2-c2cccc(OCc3cn(Cc4ccccc4)nn3)c2)cc1. The van der Waals surface area contributed by atoms with Crippen LogP contribution in [0.5, 0.6) is 5.75 Å². The Morgan fingerprint density at radius 2 is 1.68 bits per heavy atom. The van der Waals surface area contributed by atoms with Crippen molar-refractivity contribution in [3.05, 3.63) is 148 Å². The van der Waals surface area contributed by atoms with Crippen LogP contribution in [0.2, 0.25) is 0 Å². The largest absolute Gasteiger partial charge is 0.487 e. The lowest BCUT2D eigenvalue weighted by molar-refractivity contribution is 0.301. The lowest BCUT2D eigenvalue weighted by Crippen LogP contribution is -2.22. The van der Waals surface area contributed by atoms with Crippen LogP contribution in [-0.4, -0.2) is 24.5 Å². The first-order valence-corrected chi connectivity index (χ1v) is 13.0. The van der Waals surface area contributed by atoms with E-state index in [1.54, 1.807) is 33.5 Å². The van der Waals surface area contributed by atoms with E-state index in [0.29, 0.717) is 46.0 Å². The van der Waals surface area contributed by atoms with Gasteiger partial charge in [-0.1, -0.05) is 72.0 Å². The molecule has 0 aliphatic rings. The summed E-state index contributed by atoms with van der Waals surface area (Å²) in [7, 11) is 0. The van der Waals surface area contributed by atoms with Crippen LogP contribution in [-0.2, 0) is 13.2 Å². The van der Waals surface area contributed by atoms with E-state index >= 15 is 0 Å². The van der Waals surface area contributed by atoms with Crippen molar-refractivity contribution in [2.24, 2.45) is 0 Å². The summed E-state index contributed by atoms with van der Waals surface area (Å²) in [4.78, 5) is 18.5. The summed E-state index contributed by atoms with van der Waals surface area (Å²) < 4.78 is 9.39. The van der Waals surface area contributed by atoms with E-state index < -0.39 is 0 Å². The number of nitrogens with zero attached hydrogens (tertiary/aromatic N) is 6. The first-order valence-electron chi connectivity index (χ1n) is 13.0. The zero-order valence-corrected chi connectivity index (χ0v) is 22.0. The molecule has 8 nitrogen and oxygen atoms in total. The summed E-state index contributed by atoms with van der Waals surface area (Å²) in [5, 5.41) is 18.0. The minimum absolute atomic E-state index is 0.184. The van der Waals surface area contributed by atoms with Crippen molar-refractivity contribution in [1.82, 2.24) is 24.5 Å². The molecular weight excluding hydrogens is 512 g/mol. The van der Waals surface area contributed by atoms with Crippen LogP contribution in [0.1, 0.15) is 28.2 Å². The van der Waals surface area contributed by atoms with Crippen LogP contribution in [0.4, 0.5) is 0 Å². The van der Waals surface area contributed by atoms with Gasteiger partial charge in [-0.05, 0) is 53.6 Å². The second-order valence-corrected chi connectivity index (χ2v) is 9.37. The highest BCUT2D eigenvalue weighted by molar-refractivity contribution is 5.80. The first-order chi connectivity index (χ1) is 20.2. The van der Waals surface area contributed by atoms with Crippen LogP contribution in [0, 0.1) is 11.3 Å². The molecule has 0 saturated heterocycles. The van der Waals surface area contributed by atoms with E-state index in [4.69, 9.17) is 15.0 Å². The maximum absolute atomic E-state index is 13.7. The van der Waals surface area contributed by atoms with Gasteiger partial charge in [-0.25, -0.2) is 9.67 Å². The summed E-state index contributed by atoms with van der Waals surface area (Å²) in [6.45, 7) is 0.856. The molecule has 0 unspecified atom stereocenters. The Labute approximate surface area is 236 Å². The fourth-order valence-electron chi connectivity index (χ4n) is 4.47. The van der Waals surface area contributed by atoms with E-state index in [1.807, 2.05) is 97.2 Å². The van der Waals surface area contributed by atoms with Gasteiger partial charge < -0.3 is 4.74 Å².